The van der Waals surface area contributed by atoms with Gasteiger partial charge in [0.2, 0.25) is 5.91 Å². The molecule has 8 heteroatoms. The molecule has 1 aliphatic heterocycles. The minimum absolute atomic E-state index is 0.0568. The lowest BCUT2D eigenvalue weighted by molar-refractivity contribution is -0.120. The molecule has 0 bridgehead atoms. The third kappa shape index (κ3) is 3.37. The van der Waals surface area contributed by atoms with Crippen LogP contribution in [0.5, 0.6) is 0 Å². The number of nitrogens with zero attached hydrogens (tertiary/aromatic N) is 3. The van der Waals surface area contributed by atoms with Gasteiger partial charge in [-0.1, -0.05) is 18.2 Å². The van der Waals surface area contributed by atoms with Crippen LogP contribution >= 0.6 is 0 Å². The van der Waals surface area contributed by atoms with E-state index < -0.39 is 18.0 Å². The smallest absolute Gasteiger partial charge is 0.416 e. The van der Waals surface area contributed by atoms with Crippen molar-refractivity contribution in [2.75, 3.05) is 18.0 Å². The molecule has 1 aliphatic rings. The van der Waals surface area contributed by atoms with Gasteiger partial charge in [-0.3, -0.25) is 14.4 Å². The SMILES string of the molecule is Cn1nccc1N1CC(CNC(=O)Cc2ccccc2F)OC1=O. The highest BCUT2D eigenvalue weighted by Crippen LogP contribution is 2.20. The Morgan fingerprint density at radius 2 is 2.21 bits per heavy atom. The lowest BCUT2D eigenvalue weighted by Gasteiger charge is -2.12. The largest absolute Gasteiger partial charge is 0.442 e. The number of benzene rings is 1. The predicted octanol–water partition coefficient (Wildman–Crippen LogP) is 1.24. The van der Waals surface area contributed by atoms with E-state index in [1.807, 2.05) is 0 Å². The third-order valence-electron chi connectivity index (χ3n) is 3.78. The Balaban J connectivity index is 1.52. The third-order valence-corrected chi connectivity index (χ3v) is 3.78. The van der Waals surface area contributed by atoms with Gasteiger partial charge >= 0.3 is 6.09 Å². The number of cyclic esters (lactones) is 1. The molecule has 0 saturated carbocycles. The summed E-state index contributed by atoms with van der Waals surface area (Å²) in [5.41, 5.74) is 0.329. The molecule has 0 spiro atoms. The van der Waals surface area contributed by atoms with Crippen molar-refractivity contribution in [1.29, 1.82) is 0 Å². The number of rotatable bonds is 5. The average molecular weight is 332 g/mol. The van der Waals surface area contributed by atoms with Gasteiger partial charge < -0.3 is 10.1 Å². The Morgan fingerprint density at radius 1 is 1.42 bits per heavy atom. The summed E-state index contributed by atoms with van der Waals surface area (Å²) in [6, 6.07) is 7.83. The van der Waals surface area contributed by atoms with E-state index >= 15 is 0 Å². The molecule has 0 aliphatic carbocycles. The number of carbonyl (C=O) groups excluding carboxylic acids is 2. The molecule has 1 atom stereocenters. The molecule has 1 aromatic carbocycles. The van der Waals surface area contributed by atoms with Crippen LogP contribution in [0.4, 0.5) is 15.0 Å². The fourth-order valence-electron chi connectivity index (χ4n) is 2.55. The van der Waals surface area contributed by atoms with Crippen molar-refractivity contribution in [1.82, 2.24) is 15.1 Å². The summed E-state index contributed by atoms with van der Waals surface area (Å²) >= 11 is 0. The Morgan fingerprint density at radius 3 is 2.92 bits per heavy atom. The topological polar surface area (TPSA) is 76.5 Å². The number of hydrogen-bond donors (Lipinski definition) is 1. The van der Waals surface area contributed by atoms with Crippen molar-refractivity contribution in [3.05, 3.63) is 47.9 Å². The molecule has 2 amide bonds. The number of aromatic nitrogens is 2. The van der Waals surface area contributed by atoms with E-state index in [1.165, 1.54) is 11.0 Å². The van der Waals surface area contributed by atoms with Crippen molar-refractivity contribution in [2.45, 2.75) is 12.5 Å². The summed E-state index contributed by atoms with van der Waals surface area (Å²) < 4.78 is 20.3. The quantitative estimate of drug-likeness (QED) is 0.894. The van der Waals surface area contributed by atoms with E-state index in [9.17, 15) is 14.0 Å². The summed E-state index contributed by atoms with van der Waals surface area (Å²) in [6.07, 6.45) is 0.592. The summed E-state index contributed by atoms with van der Waals surface area (Å²) in [5, 5.41) is 6.68. The highest BCUT2D eigenvalue weighted by Gasteiger charge is 2.33. The predicted molar refractivity (Wildman–Crippen MR) is 83.9 cm³/mol. The molecule has 1 fully saturated rings. The molecule has 1 N–H and O–H groups in total. The average Bonchev–Trinajstić information content (AvgIpc) is 3.13. The molecular formula is C16H17FN4O3. The Labute approximate surface area is 138 Å². The molecule has 7 nitrogen and oxygen atoms in total. The molecule has 1 unspecified atom stereocenters. The standard InChI is InChI=1S/C16H17FN4O3/c1-20-15(6-7-19-20)21-10-12(24-16(21)23)9-18-14(22)8-11-4-2-3-5-13(11)17/h2-7,12H,8-10H2,1H3,(H,18,22). The number of halogens is 1. The van der Waals surface area contributed by atoms with E-state index in [-0.39, 0.29) is 18.9 Å². The maximum Gasteiger partial charge on any atom is 0.416 e. The molecule has 2 heterocycles. The number of ether oxygens (including phenoxy) is 1. The van der Waals surface area contributed by atoms with Crippen LogP contribution in [-0.2, 0) is 23.0 Å². The van der Waals surface area contributed by atoms with Crippen molar-refractivity contribution in [3.8, 4) is 0 Å². The van der Waals surface area contributed by atoms with Gasteiger partial charge in [-0.05, 0) is 11.6 Å². The second kappa shape index (κ2) is 6.69. The monoisotopic (exact) mass is 332 g/mol. The number of aryl methyl sites for hydroxylation is 1. The number of amides is 2. The summed E-state index contributed by atoms with van der Waals surface area (Å²) in [6.45, 7) is 0.492. The Kier molecular flexibility index (Phi) is 4.45. The van der Waals surface area contributed by atoms with Crippen LogP contribution in [0.25, 0.3) is 0 Å². The van der Waals surface area contributed by atoms with Crippen LogP contribution in [0.15, 0.2) is 36.5 Å². The zero-order chi connectivity index (χ0) is 17.1. The van der Waals surface area contributed by atoms with Crippen LogP contribution < -0.4 is 10.2 Å². The van der Waals surface area contributed by atoms with E-state index in [1.54, 1.807) is 42.2 Å². The molecule has 0 radical (unpaired) electrons. The van der Waals surface area contributed by atoms with Crippen LogP contribution in [0, 0.1) is 5.82 Å². The van der Waals surface area contributed by atoms with Gasteiger partial charge in [0.15, 0.2) is 0 Å². The van der Waals surface area contributed by atoms with Gasteiger partial charge in [-0.2, -0.15) is 5.10 Å². The van der Waals surface area contributed by atoms with Crippen molar-refractivity contribution in [3.63, 3.8) is 0 Å². The van der Waals surface area contributed by atoms with E-state index in [0.717, 1.165) is 0 Å². The first kappa shape index (κ1) is 16.0. The fraction of sp³-hybridized carbons (Fsp3) is 0.312. The van der Waals surface area contributed by atoms with E-state index in [0.29, 0.717) is 17.9 Å². The highest BCUT2D eigenvalue weighted by atomic mass is 19.1. The minimum atomic E-state index is -0.480. The van der Waals surface area contributed by atoms with Gasteiger partial charge in [-0.25, -0.2) is 9.18 Å². The maximum absolute atomic E-state index is 13.5. The zero-order valence-electron chi connectivity index (χ0n) is 13.1. The number of nitrogens with one attached hydrogen (secondary N) is 1. The van der Waals surface area contributed by atoms with Crippen LogP contribution in [-0.4, -0.2) is 41.0 Å². The zero-order valence-corrected chi connectivity index (χ0v) is 13.1. The Hall–Kier alpha value is -2.90. The van der Waals surface area contributed by atoms with Crippen LogP contribution in [0.1, 0.15) is 5.56 Å². The maximum atomic E-state index is 13.5. The summed E-state index contributed by atoms with van der Waals surface area (Å²) in [4.78, 5) is 25.3. The molecule has 126 valence electrons. The van der Waals surface area contributed by atoms with Crippen LogP contribution in [0.3, 0.4) is 0 Å². The molecule has 1 aromatic heterocycles. The first-order chi connectivity index (χ1) is 11.5. The molecule has 1 saturated heterocycles. The second-order valence-corrected chi connectivity index (χ2v) is 5.50. The van der Waals surface area contributed by atoms with Crippen LogP contribution in [0.2, 0.25) is 0 Å². The molecule has 3 rings (SSSR count). The Bertz CT molecular complexity index is 761. The van der Waals surface area contributed by atoms with Gasteiger partial charge in [0.25, 0.3) is 0 Å². The number of anilines is 1. The van der Waals surface area contributed by atoms with Gasteiger partial charge in [0.05, 0.1) is 25.7 Å². The van der Waals surface area contributed by atoms with E-state index in [2.05, 4.69) is 10.4 Å². The van der Waals surface area contributed by atoms with Gasteiger partial charge in [0.1, 0.15) is 17.7 Å². The van der Waals surface area contributed by atoms with E-state index in [4.69, 9.17) is 4.74 Å². The van der Waals surface area contributed by atoms with Crippen molar-refractivity contribution in [2.24, 2.45) is 7.05 Å². The van der Waals surface area contributed by atoms with Gasteiger partial charge in [-0.15, -0.1) is 0 Å². The minimum Gasteiger partial charge on any atom is -0.442 e. The molecule has 2 aromatic rings. The molecule has 24 heavy (non-hydrogen) atoms. The van der Waals surface area contributed by atoms with Crippen molar-refractivity contribution < 1.29 is 18.7 Å². The summed E-state index contributed by atoms with van der Waals surface area (Å²) in [7, 11) is 1.73. The fourth-order valence-corrected chi connectivity index (χ4v) is 2.55. The first-order valence-corrected chi connectivity index (χ1v) is 7.51. The lowest BCUT2D eigenvalue weighted by atomic mass is 10.1. The molecular weight excluding hydrogens is 315 g/mol. The lowest BCUT2D eigenvalue weighted by Crippen LogP contribution is -2.35. The highest BCUT2D eigenvalue weighted by molar-refractivity contribution is 5.88. The van der Waals surface area contributed by atoms with Gasteiger partial charge in [0, 0.05) is 13.1 Å². The number of hydrogen-bond acceptors (Lipinski definition) is 4. The van der Waals surface area contributed by atoms with Crippen molar-refractivity contribution >= 4 is 17.8 Å². The summed E-state index contributed by atoms with van der Waals surface area (Å²) in [5.74, 6) is -0.113. The normalized spacial score (nSPS) is 17.0. The number of carbonyl (C=O) groups is 2. The second-order valence-electron chi connectivity index (χ2n) is 5.50. The first-order valence-electron chi connectivity index (χ1n) is 7.51.